The van der Waals surface area contributed by atoms with E-state index in [-0.39, 0.29) is 12.5 Å². The van der Waals surface area contributed by atoms with Gasteiger partial charge in [-0.3, -0.25) is 4.79 Å². The Bertz CT molecular complexity index is 784. The van der Waals surface area contributed by atoms with Crippen molar-refractivity contribution in [1.82, 2.24) is 10.2 Å². The summed E-state index contributed by atoms with van der Waals surface area (Å²) in [6.45, 7) is 0.746. The number of carbonyl (C=O) groups is 1. The number of nitrogens with one attached hydrogen (secondary N) is 1. The molecule has 1 amide bonds. The number of hydrogen-bond acceptors (Lipinski definition) is 6. The van der Waals surface area contributed by atoms with Crippen molar-refractivity contribution in [3.8, 4) is 10.4 Å². The highest BCUT2D eigenvalue weighted by Gasteiger charge is 2.12. The van der Waals surface area contributed by atoms with Crippen molar-refractivity contribution in [2.75, 3.05) is 39.2 Å². The van der Waals surface area contributed by atoms with E-state index < -0.39 is 0 Å². The van der Waals surface area contributed by atoms with E-state index in [9.17, 15) is 4.79 Å². The van der Waals surface area contributed by atoms with Crippen LogP contribution in [0, 0.1) is 0 Å². The third-order valence-corrected chi connectivity index (χ3v) is 5.45. The Kier molecular flexibility index (Phi) is 7.32. The SMILES string of the molecule is CN/C(=C\c1ccc(-c2ccc(N(C)CCO)s2)cc1)C(=O)N(C)C=S. The Balaban J connectivity index is 2.19. The lowest BCUT2D eigenvalue weighted by molar-refractivity contribution is -0.122. The molecule has 0 saturated heterocycles. The van der Waals surface area contributed by atoms with Gasteiger partial charge in [-0.05, 0) is 29.3 Å². The molecular weight excluding hydrogens is 366 g/mol. The van der Waals surface area contributed by atoms with Gasteiger partial charge in [-0.1, -0.05) is 36.5 Å². The van der Waals surface area contributed by atoms with Crippen molar-refractivity contribution in [1.29, 1.82) is 0 Å². The van der Waals surface area contributed by atoms with Crippen LogP contribution in [0.2, 0.25) is 0 Å². The molecule has 0 spiro atoms. The summed E-state index contributed by atoms with van der Waals surface area (Å²) in [7, 11) is 5.31. The van der Waals surface area contributed by atoms with E-state index in [2.05, 4.69) is 17.4 Å². The normalized spacial score (nSPS) is 11.2. The van der Waals surface area contributed by atoms with Crippen LogP contribution in [-0.4, -0.2) is 55.7 Å². The molecule has 1 heterocycles. The molecule has 7 heteroatoms. The summed E-state index contributed by atoms with van der Waals surface area (Å²) < 4.78 is 0. The van der Waals surface area contributed by atoms with Crippen LogP contribution in [0.25, 0.3) is 16.5 Å². The van der Waals surface area contributed by atoms with E-state index in [4.69, 9.17) is 17.3 Å². The maximum Gasteiger partial charge on any atom is 0.274 e. The maximum absolute atomic E-state index is 12.2. The lowest BCUT2D eigenvalue weighted by Gasteiger charge is -2.14. The number of rotatable bonds is 8. The molecule has 0 radical (unpaired) electrons. The van der Waals surface area contributed by atoms with Gasteiger partial charge >= 0.3 is 0 Å². The Labute approximate surface area is 163 Å². The van der Waals surface area contributed by atoms with Gasteiger partial charge in [-0.25, -0.2) is 0 Å². The number of likely N-dealkylation sites (N-methyl/N-ethyl adjacent to an activating group) is 3. The van der Waals surface area contributed by atoms with Gasteiger partial charge in [0.05, 0.1) is 17.1 Å². The van der Waals surface area contributed by atoms with Crippen molar-refractivity contribution in [3.63, 3.8) is 0 Å². The number of amides is 1. The Morgan fingerprint density at radius 1 is 1.23 bits per heavy atom. The second-order valence-corrected chi connectivity index (χ2v) is 7.01. The summed E-state index contributed by atoms with van der Waals surface area (Å²) in [5.74, 6) is -0.179. The van der Waals surface area contributed by atoms with E-state index in [1.807, 2.05) is 36.2 Å². The van der Waals surface area contributed by atoms with Gasteiger partial charge in [0.2, 0.25) is 0 Å². The number of benzene rings is 1. The van der Waals surface area contributed by atoms with Gasteiger partial charge in [-0.2, -0.15) is 0 Å². The van der Waals surface area contributed by atoms with Gasteiger partial charge in [-0.15, -0.1) is 11.3 Å². The van der Waals surface area contributed by atoms with Gasteiger partial charge in [0.15, 0.2) is 0 Å². The first-order valence-electron chi connectivity index (χ1n) is 8.14. The summed E-state index contributed by atoms with van der Waals surface area (Å²) in [6.07, 6.45) is 1.80. The molecule has 0 unspecified atom stereocenters. The van der Waals surface area contributed by atoms with E-state index in [1.54, 1.807) is 31.5 Å². The minimum Gasteiger partial charge on any atom is -0.395 e. The molecule has 0 aliphatic rings. The molecule has 1 aromatic heterocycles. The zero-order chi connectivity index (χ0) is 19.1. The van der Waals surface area contributed by atoms with Crippen LogP contribution >= 0.6 is 23.6 Å². The molecule has 1 aromatic carbocycles. The molecule has 2 rings (SSSR count). The fourth-order valence-electron chi connectivity index (χ4n) is 2.34. The predicted molar refractivity (Wildman–Crippen MR) is 114 cm³/mol. The van der Waals surface area contributed by atoms with E-state index in [1.165, 1.54) is 10.4 Å². The number of thiocarbonyl (C=S) groups is 1. The fraction of sp³-hybridized carbons (Fsp3) is 0.263. The average Bonchev–Trinajstić information content (AvgIpc) is 3.16. The number of anilines is 1. The topological polar surface area (TPSA) is 55.8 Å². The number of aliphatic hydroxyl groups is 1. The third-order valence-electron chi connectivity index (χ3n) is 3.89. The number of carbonyl (C=O) groups excluding carboxylic acids is 1. The second kappa shape index (κ2) is 9.47. The lowest BCUT2D eigenvalue weighted by Crippen LogP contribution is -2.30. The van der Waals surface area contributed by atoms with Crippen molar-refractivity contribution >= 4 is 46.0 Å². The molecule has 0 fully saturated rings. The van der Waals surface area contributed by atoms with Gasteiger partial charge in [0.1, 0.15) is 5.70 Å². The first kappa shape index (κ1) is 20.1. The smallest absolute Gasteiger partial charge is 0.274 e. The van der Waals surface area contributed by atoms with Crippen LogP contribution in [0.3, 0.4) is 0 Å². The molecule has 0 atom stereocenters. The Morgan fingerprint density at radius 2 is 1.92 bits per heavy atom. The zero-order valence-electron chi connectivity index (χ0n) is 15.1. The van der Waals surface area contributed by atoms with Crippen LogP contribution < -0.4 is 10.2 Å². The van der Waals surface area contributed by atoms with Crippen molar-refractivity contribution in [2.24, 2.45) is 0 Å². The molecule has 5 nitrogen and oxygen atoms in total. The zero-order valence-corrected chi connectivity index (χ0v) is 16.7. The standard InChI is InChI=1S/C19H23N3O2S2/c1-20-16(19(24)22(3)13-25)12-14-4-6-15(7-5-14)17-8-9-18(26-17)21(2)10-11-23/h4-9,12-13,20,23H,10-11H2,1-3H3/b16-12-. The molecule has 0 bridgehead atoms. The molecule has 2 aromatic rings. The van der Waals surface area contributed by atoms with Crippen LogP contribution in [0.5, 0.6) is 0 Å². The highest BCUT2D eigenvalue weighted by atomic mass is 32.1. The fourth-order valence-corrected chi connectivity index (χ4v) is 3.43. The second-order valence-electron chi connectivity index (χ2n) is 5.73. The minimum atomic E-state index is -0.179. The molecule has 0 aliphatic heterocycles. The van der Waals surface area contributed by atoms with E-state index in [0.29, 0.717) is 12.2 Å². The number of hydrogen-bond donors (Lipinski definition) is 2. The van der Waals surface area contributed by atoms with Crippen LogP contribution in [0.1, 0.15) is 5.56 Å². The molecule has 138 valence electrons. The summed E-state index contributed by atoms with van der Waals surface area (Å²) in [4.78, 5) is 16.7. The monoisotopic (exact) mass is 389 g/mol. The quantitative estimate of drug-likeness (QED) is 0.537. The minimum absolute atomic E-state index is 0.135. The average molecular weight is 390 g/mol. The van der Waals surface area contributed by atoms with Crippen LogP contribution in [0.15, 0.2) is 42.1 Å². The molecule has 0 aliphatic carbocycles. The van der Waals surface area contributed by atoms with Crippen LogP contribution in [-0.2, 0) is 4.79 Å². The van der Waals surface area contributed by atoms with Crippen molar-refractivity contribution < 1.29 is 9.90 Å². The molecular formula is C19H23N3O2S2. The molecule has 0 saturated carbocycles. The van der Waals surface area contributed by atoms with Crippen LogP contribution in [0.4, 0.5) is 5.00 Å². The van der Waals surface area contributed by atoms with Gasteiger partial charge in [0.25, 0.3) is 5.91 Å². The summed E-state index contributed by atoms with van der Waals surface area (Å²) >= 11 is 6.48. The Hall–Kier alpha value is -2.22. The first-order chi connectivity index (χ1) is 12.5. The lowest BCUT2D eigenvalue weighted by atomic mass is 10.1. The highest BCUT2D eigenvalue weighted by molar-refractivity contribution is 7.78. The largest absolute Gasteiger partial charge is 0.395 e. The van der Waals surface area contributed by atoms with Gasteiger partial charge < -0.3 is 20.2 Å². The molecule has 2 N–H and O–H groups in total. The number of aliphatic hydroxyl groups excluding tert-OH is 1. The van der Waals surface area contributed by atoms with Crippen molar-refractivity contribution in [2.45, 2.75) is 0 Å². The van der Waals surface area contributed by atoms with Crippen molar-refractivity contribution in [3.05, 3.63) is 47.7 Å². The summed E-state index contributed by atoms with van der Waals surface area (Å²) in [5, 5.41) is 13.1. The molecule has 26 heavy (non-hydrogen) atoms. The van der Waals surface area contributed by atoms with E-state index >= 15 is 0 Å². The maximum atomic E-state index is 12.2. The van der Waals surface area contributed by atoms with Gasteiger partial charge in [0, 0.05) is 32.6 Å². The first-order valence-corrected chi connectivity index (χ1v) is 9.43. The third kappa shape index (κ3) is 4.91. The van der Waals surface area contributed by atoms with E-state index in [0.717, 1.165) is 21.0 Å². The predicted octanol–water partition coefficient (Wildman–Crippen LogP) is 2.82. The number of thiophene rings is 1. The summed E-state index contributed by atoms with van der Waals surface area (Å²) in [6, 6.07) is 12.2. The highest BCUT2D eigenvalue weighted by Crippen LogP contribution is 2.33. The number of nitrogens with zero attached hydrogens (tertiary/aromatic N) is 2. The Morgan fingerprint density at radius 3 is 2.50 bits per heavy atom. The summed E-state index contributed by atoms with van der Waals surface area (Å²) in [5.41, 5.74) is 3.84.